The van der Waals surface area contributed by atoms with Gasteiger partial charge in [-0.05, 0) is 18.9 Å². The Bertz CT molecular complexity index is 470. The van der Waals surface area contributed by atoms with Gasteiger partial charge in [-0.15, -0.1) is 0 Å². The highest BCUT2D eigenvalue weighted by Gasteiger charge is 2.33. The van der Waals surface area contributed by atoms with Gasteiger partial charge < -0.3 is 4.90 Å². The largest absolute Gasteiger partial charge is 0.417 e. The fraction of sp³-hybridized carbons (Fsp3) is 0.455. The second-order valence-corrected chi connectivity index (χ2v) is 4.42. The first-order valence-corrected chi connectivity index (χ1v) is 5.79. The zero-order valence-electron chi connectivity index (χ0n) is 9.30. The van der Waals surface area contributed by atoms with Gasteiger partial charge in [-0.25, -0.2) is 4.98 Å². The molecule has 0 aliphatic carbocycles. The Morgan fingerprint density at radius 1 is 1.33 bits per heavy atom. The minimum atomic E-state index is -4.53. The molecule has 1 amide bonds. The number of aromatic nitrogens is 1. The van der Waals surface area contributed by atoms with E-state index in [9.17, 15) is 18.0 Å². The van der Waals surface area contributed by atoms with Crippen LogP contribution in [0, 0.1) is 0 Å². The molecule has 3 nitrogen and oxygen atoms in total. The van der Waals surface area contributed by atoms with Crippen LogP contribution in [0.1, 0.15) is 28.8 Å². The van der Waals surface area contributed by atoms with E-state index >= 15 is 0 Å². The number of rotatable bonds is 1. The van der Waals surface area contributed by atoms with Crippen molar-refractivity contribution in [2.75, 3.05) is 13.1 Å². The number of nitrogens with zero attached hydrogens (tertiary/aromatic N) is 2. The molecule has 0 spiro atoms. The number of alkyl halides is 3. The van der Waals surface area contributed by atoms with Gasteiger partial charge in [0.1, 0.15) is 5.15 Å². The summed E-state index contributed by atoms with van der Waals surface area (Å²) in [7, 11) is 0. The van der Waals surface area contributed by atoms with Gasteiger partial charge in [0.15, 0.2) is 0 Å². The average molecular weight is 279 g/mol. The van der Waals surface area contributed by atoms with Crippen molar-refractivity contribution < 1.29 is 18.0 Å². The van der Waals surface area contributed by atoms with Gasteiger partial charge in [-0.3, -0.25) is 4.79 Å². The van der Waals surface area contributed by atoms with Gasteiger partial charge in [-0.1, -0.05) is 11.6 Å². The van der Waals surface area contributed by atoms with E-state index < -0.39 is 17.6 Å². The van der Waals surface area contributed by atoms with Crippen molar-refractivity contribution in [2.45, 2.75) is 19.0 Å². The van der Waals surface area contributed by atoms with Crippen LogP contribution in [0.15, 0.2) is 12.3 Å². The minimum absolute atomic E-state index is 0.187. The summed E-state index contributed by atoms with van der Waals surface area (Å²) in [5, 5.41) is -0.195. The van der Waals surface area contributed by atoms with Gasteiger partial charge in [0.25, 0.3) is 5.91 Å². The van der Waals surface area contributed by atoms with Gasteiger partial charge in [0.05, 0.1) is 11.1 Å². The van der Waals surface area contributed by atoms with Crippen LogP contribution < -0.4 is 0 Å². The van der Waals surface area contributed by atoms with Crippen LogP contribution >= 0.6 is 11.6 Å². The van der Waals surface area contributed by atoms with E-state index in [-0.39, 0.29) is 10.7 Å². The molecule has 1 aromatic rings. The molecule has 98 valence electrons. The van der Waals surface area contributed by atoms with Crippen molar-refractivity contribution in [1.29, 1.82) is 0 Å². The molecule has 0 unspecified atom stereocenters. The molecule has 1 aromatic heterocycles. The van der Waals surface area contributed by atoms with E-state index in [1.165, 1.54) is 4.90 Å². The molecular weight excluding hydrogens is 269 g/mol. The zero-order valence-corrected chi connectivity index (χ0v) is 10.1. The molecule has 0 radical (unpaired) electrons. The number of pyridine rings is 1. The van der Waals surface area contributed by atoms with Gasteiger partial charge in [0.2, 0.25) is 0 Å². The predicted molar refractivity (Wildman–Crippen MR) is 59.4 cm³/mol. The molecule has 2 rings (SSSR count). The quantitative estimate of drug-likeness (QED) is 0.740. The van der Waals surface area contributed by atoms with Gasteiger partial charge in [0, 0.05) is 19.3 Å². The number of halogens is 4. The zero-order chi connectivity index (χ0) is 13.3. The Morgan fingerprint density at radius 2 is 1.94 bits per heavy atom. The van der Waals surface area contributed by atoms with Crippen molar-refractivity contribution in [2.24, 2.45) is 0 Å². The highest BCUT2D eigenvalue weighted by atomic mass is 35.5. The lowest BCUT2D eigenvalue weighted by Crippen LogP contribution is -2.28. The van der Waals surface area contributed by atoms with Crippen molar-refractivity contribution in [1.82, 2.24) is 9.88 Å². The number of carbonyl (C=O) groups excluding carboxylic acids is 1. The molecule has 0 aromatic carbocycles. The first-order chi connectivity index (χ1) is 8.39. The van der Waals surface area contributed by atoms with E-state index in [4.69, 9.17) is 11.6 Å². The van der Waals surface area contributed by atoms with Crippen LogP contribution in [-0.4, -0.2) is 28.9 Å². The number of carbonyl (C=O) groups is 1. The number of hydrogen-bond acceptors (Lipinski definition) is 2. The Kier molecular flexibility index (Phi) is 3.47. The van der Waals surface area contributed by atoms with E-state index in [0.717, 1.165) is 18.9 Å². The molecule has 1 aliphatic heterocycles. The average Bonchev–Trinajstić information content (AvgIpc) is 2.80. The maximum atomic E-state index is 12.5. The first kappa shape index (κ1) is 13.1. The second kappa shape index (κ2) is 4.76. The number of hydrogen-bond donors (Lipinski definition) is 0. The summed E-state index contributed by atoms with van der Waals surface area (Å²) in [4.78, 5) is 16.9. The van der Waals surface area contributed by atoms with Crippen LogP contribution in [0.4, 0.5) is 13.2 Å². The van der Waals surface area contributed by atoms with Crippen molar-refractivity contribution in [3.8, 4) is 0 Å². The summed E-state index contributed by atoms with van der Waals surface area (Å²) in [6.07, 6.45) is -2.19. The number of amides is 1. The van der Waals surface area contributed by atoms with Gasteiger partial charge >= 0.3 is 6.18 Å². The lowest BCUT2D eigenvalue weighted by Gasteiger charge is -2.16. The third-order valence-electron chi connectivity index (χ3n) is 2.79. The highest BCUT2D eigenvalue weighted by Crippen LogP contribution is 2.31. The fourth-order valence-corrected chi connectivity index (χ4v) is 2.03. The third kappa shape index (κ3) is 2.58. The lowest BCUT2D eigenvalue weighted by molar-refractivity contribution is -0.137. The van der Waals surface area contributed by atoms with Gasteiger partial charge in [-0.2, -0.15) is 13.2 Å². The van der Waals surface area contributed by atoms with Crippen LogP contribution in [0.25, 0.3) is 0 Å². The minimum Gasteiger partial charge on any atom is -0.339 e. The smallest absolute Gasteiger partial charge is 0.339 e. The molecule has 7 heteroatoms. The topological polar surface area (TPSA) is 33.2 Å². The van der Waals surface area contributed by atoms with E-state index in [1.807, 2.05) is 0 Å². The molecule has 0 saturated carbocycles. The third-order valence-corrected chi connectivity index (χ3v) is 3.09. The SMILES string of the molecule is O=C(c1cc(C(F)(F)F)cnc1Cl)N1CCCC1. The maximum absolute atomic E-state index is 12.5. The molecule has 1 aliphatic rings. The van der Waals surface area contributed by atoms with Crippen molar-refractivity contribution in [3.63, 3.8) is 0 Å². The monoisotopic (exact) mass is 278 g/mol. The van der Waals surface area contributed by atoms with Crippen LogP contribution in [0.3, 0.4) is 0 Å². The number of likely N-dealkylation sites (tertiary alicyclic amines) is 1. The molecule has 2 heterocycles. The molecule has 0 N–H and O–H groups in total. The summed E-state index contributed by atoms with van der Waals surface area (Å²) in [6.45, 7) is 1.09. The first-order valence-electron chi connectivity index (χ1n) is 5.41. The van der Waals surface area contributed by atoms with Crippen LogP contribution in [-0.2, 0) is 6.18 Å². The Balaban J connectivity index is 2.34. The van der Waals surface area contributed by atoms with Crippen LogP contribution in [0.2, 0.25) is 5.15 Å². The Labute approximate surface area is 107 Å². The second-order valence-electron chi connectivity index (χ2n) is 4.06. The van der Waals surface area contributed by atoms with Crippen molar-refractivity contribution in [3.05, 3.63) is 28.5 Å². The standard InChI is InChI=1S/C11H10ClF3N2O/c12-9-8(10(18)17-3-1-2-4-17)5-7(6-16-9)11(13,14)15/h5-6H,1-4H2. The van der Waals surface area contributed by atoms with Crippen LogP contribution in [0.5, 0.6) is 0 Å². The Hall–Kier alpha value is -1.30. The molecular formula is C11H10ClF3N2O. The van der Waals surface area contributed by atoms with E-state index in [0.29, 0.717) is 19.3 Å². The molecule has 18 heavy (non-hydrogen) atoms. The summed E-state index contributed by atoms with van der Waals surface area (Å²) in [5.41, 5.74) is -1.15. The summed E-state index contributed by atoms with van der Waals surface area (Å²) in [5.74, 6) is -0.490. The molecule has 0 atom stereocenters. The molecule has 0 bridgehead atoms. The summed E-state index contributed by atoms with van der Waals surface area (Å²) >= 11 is 5.69. The summed E-state index contributed by atoms with van der Waals surface area (Å²) < 4.78 is 37.6. The maximum Gasteiger partial charge on any atom is 0.417 e. The lowest BCUT2D eigenvalue weighted by atomic mass is 10.2. The van der Waals surface area contributed by atoms with E-state index in [2.05, 4.69) is 4.98 Å². The highest BCUT2D eigenvalue weighted by molar-refractivity contribution is 6.32. The summed E-state index contributed by atoms with van der Waals surface area (Å²) in [6, 6.07) is 0.760. The predicted octanol–water partition coefficient (Wildman–Crippen LogP) is 2.99. The normalized spacial score (nSPS) is 16.1. The van der Waals surface area contributed by atoms with Crippen molar-refractivity contribution >= 4 is 17.5 Å². The fourth-order valence-electron chi connectivity index (χ4n) is 1.84. The Morgan fingerprint density at radius 3 is 2.50 bits per heavy atom. The molecule has 1 fully saturated rings. The van der Waals surface area contributed by atoms with E-state index in [1.54, 1.807) is 0 Å². The molecule has 1 saturated heterocycles.